The SMILES string of the molecule is COc1cccc2cc(C(=O)/C=C/c3ccc(O)c([N+](=O)[O-])c3)oc12. The molecular formula is C18H13NO6. The van der Waals surface area contributed by atoms with E-state index in [1.54, 1.807) is 24.3 Å². The zero-order chi connectivity index (χ0) is 18.0. The number of allylic oxidation sites excluding steroid dienone is 1. The molecular weight excluding hydrogens is 326 g/mol. The number of fused-ring (bicyclic) bond motifs is 1. The lowest BCUT2D eigenvalue weighted by Gasteiger charge is -1.98. The van der Waals surface area contributed by atoms with Crippen molar-refractivity contribution in [3.05, 3.63) is 70.0 Å². The first kappa shape index (κ1) is 16.3. The molecule has 0 aliphatic rings. The normalized spacial score (nSPS) is 11.1. The maximum atomic E-state index is 12.3. The van der Waals surface area contributed by atoms with Crippen LogP contribution in [-0.2, 0) is 0 Å². The van der Waals surface area contributed by atoms with Crippen LogP contribution < -0.4 is 4.74 Å². The third-order valence-electron chi connectivity index (χ3n) is 3.59. The molecule has 126 valence electrons. The number of ether oxygens (including phenoxy) is 1. The molecule has 0 amide bonds. The summed E-state index contributed by atoms with van der Waals surface area (Å²) in [5, 5.41) is 21.0. The van der Waals surface area contributed by atoms with E-state index in [-0.39, 0.29) is 5.76 Å². The van der Waals surface area contributed by atoms with Gasteiger partial charge >= 0.3 is 5.69 Å². The number of hydrogen-bond donors (Lipinski definition) is 1. The summed E-state index contributed by atoms with van der Waals surface area (Å²) in [5.74, 6) is -0.175. The molecule has 3 aromatic rings. The number of benzene rings is 2. The fraction of sp³-hybridized carbons (Fsp3) is 0.0556. The minimum atomic E-state index is -0.694. The van der Waals surface area contributed by atoms with Gasteiger partial charge in [-0.25, -0.2) is 0 Å². The van der Waals surface area contributed by atoms with Crippen LogP contribution in [0.1, 0.15) is 16.1 Å². The highest BCUT2D eigenvalue weighted by Gasteiger charge is 2.14. The molecule has 0 radical (unpaired) electrons. The number of carbonyl (C=O) groups excluding carboxylic acids is 1. The minimum Gasteiger partial charge on any atom is -0.502 e. The van der Waals surface area contributed by atoms with Crippen molar-refractivity contribution in [3.63, 3.8) is 0 Å². The van der Waals surface area contributed by atoms with E-state index >= 15 is 0 Å². The second-order valence-corrected chi connectivity index (χ2v) is 5.19. The molecule has 7 nitrogen and oxygen atoms in total. The van der Waals surface area contributed by atoms with Crippen molar-refractivity contribution in [2.45, 2.75) is 0 Å². The van der Waals surface area contributed by atoms with Gasteiger partial charge in [-0.05, 0) is 29.8 Å². The number of carbonyl (C=O) groups is 1. The van der Waals surface area contributed by atoms with Crippen molar-refractivity contribution >= 4 is 28.5 Å². The topological polar surface area (TPSA) is 103 Å². The third-order valence-corrected chi connectivity index (χ3v) is 3.59. The van der Waals surface area contributed by atoms with Crippen molar-refractivity contribution in [3.8, 4) is 11.5 Å². The highest BCUT2D eigenvalue weighted by Crippen LogP contribution is 2.29. The van der Waals surface area contributed by atoms with Crippen LogP contribution in [-0.4, -0.2) is 22.9 Å². The van der Waals surface area contributed by atoms with Crippen LogP contribution in [0.5, 0.6) is 11.5 Å². The predicted molar refractivity (Wildman–Crippen MR) is 90.9 cm³/mol. The van der Waals surface area contributed by atoms with E-state index in [1.807, 2.05) is 0 Å². The Hall–Kier alpha value is -3.61. The monoisotopic (exact) mass is 339 g/mol. The average molecular weight is 339 g/mol. The van der Waals surface area contributed by atoms with Crippen LogP contribution in [0.15, 0.2) is 53.0 Å². The number of hydrogen-bond acceptors (Lipinski definition) is 6. The Morgan fingerprint density at radius 3 is 2.80 bits per heavy atom. The molecule has 1 N–H and O–H groups in total. The summed E-state index contributed by atoms with van der Waals surface area (Å²) in [6.45, 7) is 0. The van der Waals surface area contributed by atoms with E-state index < -0.39 is 22.1 Å². The largest absolute Gasteiger partial charge is 0.502 e. The van der Waals surface area contributed by atoms with Crippen molar-refractivity contribution in [1.82, 2.24) is 0 Å². The number of nitro benzene ring substituents is 1. The molecule has 0 aliphatic carbocycles. The lowest BCUT2D eigenvalue weighted by Crippen LogP contribution is -1.91. The number of phenolic OH excluding ortho intramolecular Hbond substituents is 1. The fourth-order valence-electron chi connectivity index (χ4n) is 2.36. The highest BCUT2D eigenvalue weighted by atomic mass is 16.6. The molecule has 0 saturated heterocycles. The number of methoxy groups -OCH3 is 1. The highest BCUT2D eigenvalue weighted by molar-refractivity contribution is 6.07. The first-order valence-corrected chi connectivity index (χ1v) is 7.26. The summed E-state index contributed by atoms with van der Waals surface area (Å²) in [4.78, 5) is 22.4. The van der Waals surface area contributed by atoms with Crippen molar-refractivity contribution in [2.75, 3.05) is 7.11 Å². The first-order valence-electron chi connectivity index (χ1n) is 7.26. The maximum Gasteiger partial charge on any atom is 0.311 e. The van der Waals surface area contributed by atoms with Gasteiger partial charge in [-0.1, -0.05) is 24.3 Å². The number of para-hydroxylation sites is 1. The molecule has 7 heteroatoms. The zero-order valence-corrected chi connectivity index (χ0v) is 13.1. The molecule has 0 atom stereocenters. The summed E-state index contributed by atoms with van der Waals surface area (Å²) in [6, 6.07) is 10.8. The van der Waals surface area contributed by atoms with Gasteiger partial charge in [-0.15, -0.1) is 0 Å². The Bertz CT molecular complexity index is 1000. The number of aromatic hydroxyl groups is 1. The van der Waals surface area contributed by atoms with E-state index in [2.05, 4.69) is 0 Å². The number of rotatable bonds is 5. The van der Waals surface area contributed by atoms with Gasteiger partial charge in [0.1, 0.15) is 0 Å². The summed E-state index contributed by atoms with van der Waals surface area (Å²) in [7, 11) is 1.51. The van der Waals surface area contributed by atoms with Gasteiger partial charge in [0.15, 0.2) is 22.8 Å². The summed E-state index contributed by atoms with van der Waals surface area (Å²) >= 11 is 0. The molecule has 0 spiro atoms. The number of nitrogens with zero attached hydrogens (tertiary/aromatic N) is 1. The number of phenols is 1. The summed E-state index contributed by atoms with van der Waals surface area (Å²) in [6.07, 6.45) is 2.67. The molecule has 0 bridgehead atoms. The average Bonchev–Trinajstić information content (AvgIpc) is 3.04. The van der Waals surface area contributed by atoms with Gasteiger partial charge in [0, 0.05) is 11.5 Å². The molecule has 3 rings (SSSR count). The molecule has 25 heavy (non-hydrogen) atoms. The first-order chi connectivity index (χ1) is 12.0. The van der Waals surface area contributed by atoms with Gasteiger partial charge in [0.2, 0.25) is 5.78 Å². The maximum absolute atomic E-state index is 12.3. The van der Waals surface area contributed by atoms with E-state index in [9.17, 15) is 20.0 Å². The standard InChI is InChI=1S/C18H13NO6/c1-24-16-4-2-3-12-10-17(25-18(12)16)15(21)8-6-11-5-7-14(20)13(9-11)19(22)23/h2-10,20H,1H3/b8-6+. The molecule has 0 aliphatic heterocycles. The Balaban J connectivity index is 1.88. The van der Waals surface area contributed by atoms with Gasteiger partial charge in [-0.3, -0.25) is 14.9 Å². The molecule has 1 aromatic heterocycles. The quantitative estimate of drug-likeness (QED) is 0.327. The van der Waals surface area contributed by atoms with Crippen LogP contribution >= 0.6 is 0 Å². The van der Waals surface area contributed by atoms with Gasteiger partial charge in [0.05, 0.1) is 12.0 Å². The van der Waals surface area contributed by atoms with Crippen LogP contribution in [0.2, 0.25) is 0 Å². The Morgan fingerprint density at radius 2 is 2.08 bits per heavy atom. The van der Waals surface area contributed by atoms with Crippen LogP contribution in [0, 0.1) is 10.1 Å². The number of nitro groups is 1. The lowest BCUT2D eigenvalue weighted by molar-refractivity contribution is -0.385. The second-order valence-electron chi connectivity index (χ2n) is 5.19. The number of ketones is 1. The van der Waals surface area contributed by atoms with Gasteiger partial charge < -0.3 is 14.3 Å². The van der Waals surface area contributed by atoms with Crippen molar-refractivity contribution in [1.29, 1.82) is 0 Å². The van der Waals surface area contributed by atoms with Crippen LogP contribution in [0.25, 0.3) is 17.0 Å². The second kappa shape index (κ2) is 6.48. The summed E-state index contributed by atoms with van der Waals surface area (Å²) < 4.78 is 10.7. The Kier molecular flexibility index (Phi) is 4.21. The van der Waals surface area contributed by atoms with E-state index in [0.29, 0.717) is 16.9 Å². The van der Waals surface area contributed by atoms with Gasteiger partial charge in [-0.2, -0.15) is 0 Å². The van der Waals surface area contributed by atoms with Crippen molar-refractivity contribution in [2.24, 2.45) is 0 Å². The zero-order valence-electron chi connectivity index (χ0n) is 13.1. The molecule has 2 aromatic carbocycles. The van der Waals surface area contributed by atoms with Gasteiger partial charge in [0.25, 0.3) is 0 Å². The molecule has 1 heterocycles. The van der Waals surface area contributed by atoms with Crippen molar-refractivity contribution < 1.29 is 24.0 Å². The van der Waals surface area contributed by atoms with Crippen LogP contribution in [0.4, 0.5) is 5.69 Å². The summed E-state index contributed by atoms with van der Waals surface area (Å²) in [5.41, 5.74) is 0.455. The third kappa shape index (κ3) is 3.20. The fourth-order valence-corrected chi connectivity index (χ4v) is 2.36. The lowest BCUT2D eigenvalue weighted by atomic mass is 10.1. The predicted octanol–water partition coefficient (Wildman–Crippen LogP) is 3.95. The minimum absolute atomic E-state index is 0.129. The molecule has 0 unspecified atom stereocenters. The Morgan fingerprint density at radius 1 is 1.28 bits per heavy atom. The number of furan rings is 1. The Labute approximate surface area is 141 Å². The molecule has 0 saturated carbocycles. The van der Waals surface area contributed by atoms with E-state index in [4.69, 9.17) is 9.15 Å². The van der Waals surface area contributed by atoms with Crippen LogP contribution in [0.3, 0.4) is 0 Å². The van der Waals surface area contributed by atoms with E-state index in [0.717, 1.165) is 5.39 Å². The van der Waals surface area contributed by atoms with E-state index in [1.165, 1.54) is 37.5 Å². The molecule has 0 fully saturated rings. The smallest absolute Gasteiger partial charge is 0.311 e.